The van der Waals surface area contributed by atoms with Crippen LogP contribution < -0.4 is 10.0 Å². The summed E-state index contributed by atoms with van der Waals surface area (Å²) in [4.78, 5) is 15.2. The first kappa shape index (κ1) is 22.9. The number of nitrogens with zero attached hydrogens (tertiary/aromatic N) is 1. The Morgan fingerprint density at radius 1 is 0.939 bits per heavy atom. The Morgan fingerprint density at radius 2 is 1.64 bits per heavy atom. The van der Waals surface area contributed by atoms with Gasteiger partial charge in [0.05, 0.1) is 10.9 Å². The summed E-state index contributed by atoms with van der Waals surface area (Å²) in [5.41, 5.74) is 1.63. The average molecular weight is 468 g/mol. The van der Waals surface area contributed by atoms with Crippen LogP contribution in [0.25, 0.3) is 0 Å². The molecule has 0 aliphatic carbocycles. The second kappa shape index (κ2) is 10.1. The second-order valence-electron chi connectivity index (χ2n) is 8.02. The van der Waals surface area contributed by atoms with Crippen molar-refractivity contribution in [2.24, 2.45) is 0 Å². The molecule has 1 unspecified atom stereocenters. The molecule has 1 saturated heterocycles. The molecule has 1 aliphatic rings. The molecule has 33 heavy (non-hydrogen) atoms. The van der Waals surface area contributed by atoms with Crippen molar-refractivity contribution >= 4 is 21.6 Å². The van der Waals surface area contributed by atoms with Crippen LogP contribution in [-0.2, 0) is 10.0 Å². The first-order valence-electron chi connectivity index (χ1n) is 10.9. The van der Waals surface area contributed by atoms with Crippen LogP contribution in [0, 0.1) is 5.82 Å². The van der Waals surface area contributed by atoms with Crippen LogP contribution in [0.1, 0.15) is 34.8 Å². The molecule has 4 rings (SSSR count). The lowest BCUT2D eigenvalue weighted by Crippen LogP contribution is -2.36. The Bertz CT molecular complexity index is 1200. The number of carbonyl (C=O) groups is 1. The van der Waals surface area contributed by atoms with E-state index >= 15 is 0 Å². The van der Waals surface area contributed by atoms with Gasteiger partial charge in [-0.15, -0.1) is 0 Å². The maximum absolute atomic E-state index is 13.1. The minimum atomic E-state index is -3.93. The molecular weight excluding hydrogens is 441 g/mol. The van der Waals surface area contributed by atoms with Gasteiger partial charge in [-0.1, -0.05) is 36.4 Å². The Hall–Kier alpha value is -3.23. The van der Waals surface area contributed by atoms with Crippen LogP contribution in [-0.4, -0.2) is 38.9 Å². The van der Waals surface area contributed by atoms with Crippen LogP contribution in [0.2, 0.25) is 0 Å². The number of likely N-dealkylation sites (tertiary alicyclic amines) is 1. The van der Waals surface area contributed by atoms with Crippen LogP contribution in [0.5, 0.6) is 0 Å². The fourth-order valence-electron chi connectivity index (χ4n) is 4.01. The van der Waals surface area contributed by atoms with E-state index in [0.717, 1.165) is 31.5 Å². The summed E-state index contributed by atoms with van der Waals surface area (Å²) in [5.74, 6) is -0.798. The van der Waals surface area contributed by atoms with Crippen molar-refractivity contribution in [3.63, 3.8) is 0 Å². The van der Waals surface area contributed by atoms with Gasteiger partial charge in [0, 0.05) is 17.8 Å². The molecule has 0 radical (unpaired) electrons. The first-order chi connectivity index (χ1) is 15.9. The lowest BCUT2D eigenvalue weighted by atomic mass is 10.1. The summed E-state index contributed by atoms with van der Waals surface area (Å²) in [5, 5.41) is 2.97. The van der Waals surface area contributed by atoms with Crippen LogP contribution in [0.3, 0.4) is 0 Å². The van der Waals surface area contributed by atoms with E-state index in [1.807, 2.05) is 18.2 Å². The van der Waals surface area contributed by atoms with E-state index in [-0.39, 0.29) is 28.1 Å². The van der Waals surface area contributed by atoms with Gasteiger partial charge < -0.3 is 5.32 Å². The van der Waals surface area contributed by atoms with Crippen LogP contribution >= 0.6 is 0 Å². The third kappa shape index (κ3) is 5.77. The van der Waals surface area contributed by atoms with E-state index < -0.39 is 15.8 Å². The topological polar surface area (TPSA) is 78.5 Å². The maximum atomic E-state index is 13.1. The zero-order chi connectivity index (χ0) is 23.3. The molecule has 0 saturated carbocycles. The van der Waals surface area contributed by atoms with E-state index in [9.17, 15) is 17.6 Å². The molecule has 2 N–H and O–H groups in total. The smallest absolute Gasteiger partial charge is 0.261 e. The van der Waals surface area contributed by atoms with Crippen molar-refractivity contribution in [1.82, 2.24) is 10.2 Å². The number of halogens is 1. The molecule has 1 atom stereocenters. The minimum absolute atomic E-state index is 0.0429. The number of hydrogen-bond donors (Lipinski definition) is 2. The van der Waals surface area contributed by atoms with Crippen molar-refractivity contribution in [2.45, 2.75) is 23.8 Å². The lowest BCUT2D eigenvalue weighted by molar-refractivity contribution is 0.0937. The molecule has 1 heterocycles. The van der Waals surface area contributed by atoms with E-state index in [1.165, 1.54) is 42.5 Å². The summed E-state index contributed by atoms with van der Waals surface area (Å²) in [6, 6.07) is 21.0. The summed E-state index contributed by atoms with van der Waals surface area (Å²) in [7, 11) is -3.93. The molecule has 172 valence electrons. The van der Waals surface area contributed by atoms with Crippen molar-refractivity contribution in [1.29, 1.82) is 0 Å². The molecule has 1 fully saturated rings. The van der Waals surface area contributed by atoms with Crippen LogP contribution in [0.4, 0.5) is 10.1 Å². The van der Waals surface area contributed by atoms with Gasteiger partial charge >= 0.3 is 0 Å². The molecule has 6 nitrogen and oxygen atoms in total. The van der Waals surface area contributed by atoms with Gasteiger partial charge in [-0.05, 0) is 74.0 Å². The van der Waals surface area contributed by atoms with Gasteiger partial charge in [-0.2, -0.15) is 0 Å². The fourth-order valence-corrected chi connectivity index (χ4v) is 5.12. The van der Waals surface area contributed by atoms with Gasteiger partial charge in [0.1, 0.15) is 5.82 Å². The number of benzene rings is 3. The third-order valence-corrected chi connectivity index (χ3v) is 7.10. The number of hydrogen-bond acceptors (Lipinski definition) is 4. The van der Waals surface area contributed by atoms with Gasteiger partial charge in [-0.3, -0.25) is 14.4 Å². The number of carbonyl (C=O) groups excluding carboxylic acids is 1. The van der Waals surface area contributed by atoms with Crippen molar-refractivity contribution < 1.29 is 17.6 Å². The van der Waals surface area contributed by atoms with Crippen molar-refractivity contribution in [2.75, 3.05) is 24.4 Å². The monoisotopic (exact) mass is 467 g/mol. The van der Waals surface area contributed by atoms with E-state index in [1.54, 1.807) is 6.07 Å². The largest absolute Gasteiger partial charge is 0.350 e. The first-order valence-corrected chi connectivity index (χ1v) is 12.4. The number of rotatable bonds is 8. The zero-order valence-electron chi connectivity index (χ0n) is 18.1. The quantitative estimate of drug-likeness (QED) is 0.521. The SMILES string of the molecule is O=C(NCC(c1ccccc1)N1CCCC1)c1cccc(S(=O)(=O)Nc2ccc(F)cc2)c1. The Kier molecular flexibility index (Phi) is 7.05. The Labute approximate surface area is 193 Å². The van der Waals surface area contributed by atoms with Gasteiger partial charge in [0.2, 0.25) is 0 Å². The summed E-state index contributed by atoms with van der Waals surface area (Å²) in [6.07, 6.45) is 2.27. The summed E-state index contributed by atoms with van der Waals surface area (Å²) in [6.45, 7) is 2.39. The fraction of sp³-hybridized carbons (Fsp3) is 0.240. The molecular formula is C25H26FN3O3S. The van der Waals surface area contributed by atoms with Crippen molar-refractivity contribution in [3.05, 3.63) is 95.8 Å². The molecule has 3 aromatic carbocycles. The highest BCUT2D eigenvalue weighted by atomic mass is 32.2. The number of amides is 1. The highest BCUT2D eigenvalue weighted by molar-refractivity contribution is 7.92. The average Bonchev–Trinajstić information content (AvgIpc) is 3.36. The number of sulfonamides is 1. The van der Waals surface area contributed by atoms with E-state index in [2.05, 4.69) is 27.1 Å². The summed E-state index contributed by atoms with van der Waals surface area (Å²) >= 11 is 0. The highest BCUT2D eigenvalue weighted by Crippen LogP contribution is 2.24. The maximum Gasteiger partial charge on any atom is 0.261 e. The van der Waals surface area contributed by atoms with E-state index in [0.29, 0.717) is 6.54 Å². The predicted molar refractivity (Wildman–Crippen MR) is 126 cm³/mol. The number of anilines is 1. The zero-order valence-corrected chi connectivity index (χ0v) is 18.9. The Balaban J connectivity index is 1.47. The van der Waals surface area contributed by atoms with Crippen molar-refractivity contribution in [3.8, 4) is 0 Å². The molecule has 0 spiro atoms. The normalized spacial score (nSPS) is 15.2. The third-order valence-electron chi connectivity index (χ3n) is 5.72. The minimum Gasteiger partial charge on any atom is -0.350 e. The molecule has 1 aliphatic heterocycles. The Morgan fingerprint density at radius 3 is 2.33 bits per heavy atom. The second-order valence-corrected chi connectivity index (χ2v) is 9.70. The molecule has 3 aromatic rings. The standard InChI is InChI=1S/C25H26FN3O3S/c26-21-11-13-22(14-12-21)28-33(31,32)23-10-6-9-20(17-23)25(30)27-18-24(29-15-4-5-16-29)19-7-2-1-3-8-19/h1-3,6-14,17,24,28H,4-5,15-16,18H2,(H,27,30). The number of nitrogens with one attached hydrogen (secondary N) is 2. The molecule has 0 aromatic heterocycles. The highest BCUT2D eigenvalue weighted by Gasteiger charge is 2.24. The van der Waals surface area contributed by atoms with Gasteiger partial charge in [0.25, 0.3) is 15.9 Å². The molecule has 0 bridgehead atoms. The summed E-state index contributed by atoms with van der Waals surface area (Å²) < 4.78 is 41.0. The van der Waals surface area contributed by atoms with Gasteiger partial charge in [0.15, 0.2) is 0 Å². The predicted octanol–water partition coefficient (Wildman–Crippen LogP) is 4.19. The van der Waals surface area contributed by atoms with Gasteiger partial charge in [-0.25, -0.2) is 12.8 Å². The lowest BCUT2D eigenvalue weighted by Gasteiger charge is -2.28. The van der Waals surface area contributed by atoms with E-state index in [4.69, 9.17) is 0 Å². The molecule has 8 heteroatoms. The molecule has 1 amide bonds. The van der Waals surface area contributed by atoms with Crippen LogP contribution in [0.15, 0.2) is 83.8 Å².